The molecule has 0 unspecified atom stereocenters. The first kappa shape index (κ1) is 11.9. The van der Waals surface area contributed by atoms with E-state index in [4.69, 9.17) is 10.5 Å². The summed E-state index contributed by atoms with van der Waals surface area (Å²) in [6.07, 6.45) is 2.51. The molecule has 96 valence electrons. The highest BCUT2D eigenvalue weighted by Crippen LogP contribution is 2.32. The summed E-state index contributed by atoms with van der Waals surface area (Å²) in [5, 5.41) is 1.41. The Morgan fingerprint density at radius 2 is 2.21 bits per heavy atom. The van der Waals surface area contributed by atoms with Gasteiger partial charge in [-0.15, -0.1) is 0 Å². The molecule has 3 rings (SSSR count). The maximum absolute atomic E-state index is 5.90. The number of benzene rings is 1. The molecule has 0 saturated heterocycles. The first-order valence-electron chi connectivity index (χ1n) is 5.91. The molecular formula is C13H12N4OS. The highest BCUT2D eigenvalue weighted by molar-refractivity contribution is 7.07. The van der Waals surface area contributed by atoms with E-state index in [-0.39, 0.29) is 0 Å². The van der Waals surface area contributed by atoms with Crippen LogP contribution < -0.4 is 10.5 Å². The Bertz CT molecular complexity index is 725. The fourth-order valence-corrected chi connectivity index (χ4v) is 2.40. The first-order chi connectivity index (χ1) is 9.28. The van der Waals surface area contributed by atoms with Gasteiger partial charge in [0.15, 0.2) is 0 Å². The zero-order chi connectivity index (χ0) is 13.2. The van der Waals surface area contributed by atoms with Crippen molar-refractivity contribution in [1.82, 2.24) is 14.3 Å². The molecule has 0 atom stereocenters. The summed E-state index contributed by atoms with van der Waals surface area (Å²) < 4.78 is 9.97. The van der Waals surface area contributed by atoms with Crippen LogP contribution in [0, 0.1) is 0 Å². The molecule has 6 heteroatoms. The van der Waals surface area contributed by atoms with E-state index in [1.165, 1.54) is 11.5 Å². The van der Waals surface area contributed by atoms with Gasteiger partial charge in [-0.25, -0.2) is 0 Å². The van der Waals surface area contributed by atoms with Gasteiger partial charge < -0.3 is 10.5 Å². The summed E-state index contributed by atoms with van der Waals surface area (Å²) in [5.74, 6) is 1.48. The predicted octanol–water partition coefficient (Wildman–Crippen LogP) is 3.02. The maximum Gasteiger partial charge on any atom is 0.298 e. The lowest BCUT2D eigenvalue weighted by Crippen LogP contribution is -1.92. The van der Waals surface area contributed by atoms with Gasteiger partial charge in [-0.3, -0.25) is 4.98 Å². The third-order valence-corrected chi connectivity index (χ3v) is 3.36. The lowest BCUT2D eigenvalue weighted by molar-refractivity contribution is 0.482. The van der Waals surface area contributed by atoms with E-state index in [1.54, 1.807) is 12.3 Å². The molecule has 0 aliphatic heterocycles. The molecule has 0 radical (unpaired) electrons. The van der Waals surface area contributed by atoms with Gasteiger partial charge in [0.25, 0.3) is 5.19 Å². The molecule has 0 saturated carbocycles. The highest BCUT2D eigenvalue weighted by Gasteiger charge is 2.09. The molecule has 0 amide bonds. The van der Waals surface area contributed by atoms with Gasteiger partial charge in [0.2, 0.25) is 0 Å². The van der Waals surface area contributed by atoms with E-state index < -0.39 is 0 Å². The first-order valence-corrected chi connectivity index (χ1v) is 6.69. The van der Waals surface area contributed by atoms with Crippen LogP contribution >= 0.6 is 11.5 Å². The van der Waals surface area contributed by atoms with Crippen LogP contribution in [-0.2, 0) is 6.42 Å². The Morgan fingerprint density at radius 3 is 3.00 bits per heavy atom. The molecule has 19 heavy (non-hydrogen) atoms. The number of nitrogen functional groups attached to an aromatic ring is 1. The topological polar surface area (TPSA) is 73.9 Å². The average molecular weight is 272 g/mol. The number of fused-ring (bicyclic) bond motifs is 1. The van der Waals surface area contributed by atoms with Gasteiger partial charge in [-0.1, -0.05) is 6.92 Å². The normalized spacial score (nSPS) is 10.8. The molecule has 3 aromatic rings. The van der Waals surface area contributed by atoms with Crippen molar-refractivity contribution < 1.29 is 4.74 Å². The largest absolute Gasteiger partial charge is 0.429 e. The monoisotopic (exact) mass is 272 g/mol. The minimum atomic E-state index is 0.534. The van der Waals surface area contributed by atoms with Crippen LogP contribution in [0.3, 0.4) is 0 Å². The van der Waals surface area contributed by atoms with Gasteiger partial charge in [-0.05, 0) is 24.3 Å². The standard InChI is InChI=1S/C13H12N4OS/c1-2-11-16-13(19-17-11)18-10-6-5-9(14)12-8(10)4-3-7-15-12/h3-7H,2,14H2,1H3. The fraction of sp³-hybridized carbons (Fsp3) is 0.154. The van der Waals surface area contributed by atoms with Crippen LogP contribution in [0.4, 0.5) is 5.69 Å². The molecule has 5 nitrogen and oxygen atoms in total. The van der Waals surface area contributed by atoms with E-state index in [0.717, 1.165) is 23.1 Å². The van der Waals surface area contributed by atoms with Crippen molar-refractivity contribution in [2.45, 2.75) is 13.3 Å². The number of ether oxygens (including phenoxy) is 1. The summed E-state index contributed by atoms with van der Waals surface area (Å²) in [6, 6.07) is 7.39. The van der Waals surface area contributed by atoms with Gasteiger partial charge in [0.05, 0.1) is 11.2 Å². The van der Waals surface area contributed by atoms with Crippen LogP contribution in [0.5, 0.6) is 10.9 Å². The van der Waals surface area contributed by atoms with Crippen molar-refractivity contribution in [2.75, 3.05) is 5.73 Å². The molecule has 0 aliphatic rings. The molecule has 0 spiro atoms. The Labute approximate surface area is 114 Å². The lowest BCUT2D eigenvalue weighted by atomic mass is 10.2. The van der Waals surface area contributed by atoms with E-state index >= 15 is 0 Å². The number of anilines is 1. The van der Waals surface area contributed by atoms with Crippen LogP contribution in [-0.4, -0.2) is 14.3 Å². The van der Waals surface area contributed by atoms with Gasteiger partial charge >= 0.3 is 0 Å². The average Bonchev–Trinajstić information content (AvgIpc) is 2.90. The molecule has 2 heterocycles. The van der Waals surface area contributed by atoms with Crippen molar-refractivity contribution in [3.8, 4) is 10.9 Å². The Kier molecular flexibility index (Phi) is 3.00. The second kappa shape index (κ2) is 4.81. The summed E-state index contributed by atoms with van der Waals surface area (Å²) in [4.78, 5) is 8.55. The Hall–Kier alpha value is -2.21. The lowest BCUT2D eigenvalue weighted by Gasteiger charge is -2.07. The van der Waals surface area contributed by atoms with E-state index in [9.17, 15) is 0 Å². The molecule has 2 aromatic heterocycles. The summed E-state index contributed by atoms with van der Waals surface area (Å²) in [7, 11) is 0. The molecule has 1 aromatic carbocycles. The van der Waals surface area contributed by atoms with Crippen molar-refractivity contribution in [3.05, 3.63) is 36.3 Å². The number of nitrogens with two attached hydrogens (primary N) is 1. The number of pyridine rings is 1. The predicted molar refractivity (Wildman–Crippen MR) is 75.5 cm³/mol. The maximum atomic E-state index is 5.90. The number of aromatic nitrogens is 3. The molecule has 0 bridgehead atoms. The van der Waals surface area contributed by atoms with Gasteiger partial charge in [0, 0.05) is 29.5 Å². The van der Waals surface area contributed by atoms with E-state index in [0.29, 0.717) is 16.6 Å². The summed E-state index contributed by atoms with van der Waals surface area (Å²) >= 11 is 1.25. The second-order valence-corrected chi connectivity index (χ2v) is 4.70. The van der Waals surface area contributed by atoms with Crippen molar-refractivity contribution in [1.29, 1.82) is 0 Å². The smallest absolute Gasteiger partial charge is 0.298 e. The van der Waals surface area contributed by atoms with Gasteiger partial charge in [0.1, 0.15) is 11.6 Å². The van der Waals surface area contributed by atoms with Crippen molar-refractivity contribution >= 4 is 28.1 Å². The van der Waals surface area contributed by atoms with E-state index in [2.05, 4.69) is 14.3 Å². The highest BCUT2D eigenvalue weighted by atomic mass is 32.1. The second-order valence-electron chi connectivity index (χ2n) is 3.98. The van der Waals surface area contributed by atoms with E-state index in [1.807, 2.05) is 25.1 Å². The minimum absolute atomic E-state index is 0.534. The Morgan fingerprint density at radius 1 is 1.32 bits per heavy atom. The molecular weight excluding hydrogens is 260 g/mol. The summed E-state index contributed by atoms with van der Waals surface area (Å²) in [5.41, 5.74) is 7.27. The van der Waals surface area contributed by atoms with Crippen LogP contribution in [0.2, 0.25) is 0 Å². The number of rotatable bonds is 3. The number of hydrogen-bond donors (Lipinski definition) is 1. The van der Waals surface area contributed by atoms with Crippen molar-refractivity contribution in [2.24, 2.45) is 0 Å². The van der Waals surface area contributed by atoms with Crippen LogP contribution in [0.15, 0.2) is 30.5 Å². The van der Waals surface area contributed by atoms with Crippen LogP contribution in [0.25, 0.3) is 10.9 Å². The molecule has 0 aliphatic carbocycles. The third-order valence-electron chi connectivity index (χ3n) is 2.72. The summed E-state index contributed by atoms with van der Waals surface area (Å²) in [6.45, 7) is 2.01. The molecule has 0 fully saturated rings. The van der Waals surface area contributed by atoms with Gasteiger partial charge in [-0.2, -0.15) is 9.36 Å². The number of aryl methyl sites for hydroxylation is 1. The Balaban J connectivity index is 2.03. The number of hydrogen-bond acceptors (Lipinski definition) is 6. The zero-order valence-corrected chi connectivity index (χ0v) is 11.1. The van der Waals surface area contributed by atoms with Crippen molar-refractivity contribution in [3.63, 3.8) is 0 Å². The molecule has 2 N–H and O–H groups in total. The van der Waals surface area contributed by atoms with Crippen LogP contribution in [0.1, 0.15) is 12.7 Å². The third kappa shape index (κ3) is 2.22. The fourth-order valence-electron chi connectivity index (χ4n) is 1.77. The number of nitrogens with zero attached hydrogens (tertiary/aromatic N) is 3. The minimum Gasteiger partial charge on any atom is -0.429 e. The SMILES string of the molecule is CCc1nsc(Oc2ccc(N)c3ncccc23)n1. The zero-order valence-electron chi connectivity index (χ0n) is 10.3. The quantitative estimate of drug-likeness (QED) is 0.742.